The zero-order valence-electron chi connectivity index (χ0n) is 15.5. The second kappa shape index (κ2) is 9.76. The first kappa shape index (κ1) is 21.3. The Morgan fingerprint density at radius 1 is 0.923 bits per heavy atom. The topological polar surface area (TPSA) is 96.7 Å². The molecule has 8 heteroatoms. The maximum atomic E-state index is 12.7. The van der Waals surface area contributed by atoms with Crippen molar-refractivity contribution < 1.29 is 14.3 Å². The van der Waals surface area contributed by atoms with Crippen molar-refractivity contribution in [2.75, 3.05) is 26.3 Å². The quantitative estimate of drug-likeness (QED) is 0.683. The molecule has 3 fully saturated rings. The van der Waals surface area contributed by atoms with Gasteiger partial charge in [-0.15, -0.1) is 12.4 Å². The van der Waals surface area contributed by atoms with E-state index in [4.69, 9.17) is 10.5 Å². The molecule has 0 aromatic rings. The van der Waals surface area contributed by atoms with Gasteiger partial charge in [-0.25, -0.2) is 4.79 Å². The highest BCUT2D eigenvalue weighted by molar-refractivity contribution is 5.86. The highest BCUT2D eigenvalue weighted by atomic mass is 35.5. The van der Waals surface area contributed by atoms with Gasteiger partial charge in [-0.3, -0.25) is 4.79 Å². The van der Waals surface area contributed by atoms with Crippen LogP contribution >= 0.6 is 12.4 Å². The van der Waals surface area contributed by atoms with E-state index >= 15 is 0 Å². The van der Waals surface area contributed by atoms with Crippen molar-refractivity contribution >= 4 is 24.3 Å². The average Bonchev–Trinajstić information content (AvgIpc) is 2.63. The molecule has 0 aromatic carbocycles. The van der Waals surface area contributed by atoms with Crippen LogP contribution in [0.15, 0.2) is 0 Å². The van der Waals surface area contributed by atoms with E-state index in [0.717, 1.165) is 25.7 Å². The number of carbonyl (C=O) groups excluding carboxylic acids is 2. The molecule has 7 nitrogen and oxygen atoms in total. The normalized spacial score (nSPS) is 24.4. The van der Waals surface area contributed by atoms with Crippen LogP contribution in [0.25, 0.3) is 0 Å². The van der Waals surface area contributed by atoms with Crippen molar-refractivity contribution in [2.45, 2.75) is 75.4 Å². The van der Waals surface area contributed by atoms with Gasteiger partial charge in [-0.2, -0.15) is 0 Å². The molecule has 0 unspecified atom stereocenters. The molecule has 1 aliphatic carbocycles. The fraction of sp³-hybridized carbons (Fsp3) is 0.889. The summed E-state index contributed by atoms with van der Waals surface area (Å²) in [6.45, 7) is 2.43. The standard InChI is InChI=1S/C18H32N4O3.ClH/c19-18(8-12-25-13-9-18)16(23)22-10-6-15(7-11-22)21-17(24)20-14-4-2-1-3-5-14;/h14-15H,1-13,19H2,(H2,20,21,24);1H. The third-order valence-electron chi connectivity index (χ3n) is 5.87. The van der Waals surface area contributed by atoms with Crippen LogP contribution in [0, 0.1) is 0 Å². The molecule has 4 N–H and O–H groups in total. The van der Waals surface area contributed by atoms with Gasteiger partial charge in [0.1, 0.15) is 0 Å². The predicted molar refractivity (Wildman–Crippen MR) is 102 cm³/mol. The summed E-state index contributed by atoms with van der Waals surface area (Å²) < 4.78 is 5.32. The lowest BCUT2D eigenvalue weighted by molar-refractivity contribution is -0.141. The Kier molecular flexibility index (Phi) is 7.98. The number of amides is 3. The molecule has 2 heterocycles. The van der Waals surface area contributed by atoms with Crippen molar-refractivity contribution in [3.63, 3.8) is 0 Å². The number of piperidine rings is 1. The lowest BCUT2D eigenvalue weighted by atomic mass is 9.88. The summed E-state index contributed by atoms with van der Waals surface area (Å²) >= 11 is 0. The van der Waals surface area contributed by atoms with Gasteiger partial charge in [0.15, 0.2) is 0 Å². The number of urea groups is 1. The lowest BCUT2D eigenvalue weighted by Crippen LogP contribution is -2.60. The van der Waals surface area contributed by atoms with Gasteiger partial charge < -0.3 is 26.0 Å². The lowest BCUT2D eigenvalue weighted by Gasteiger charge is -2.40. The summed E-state index contributed by atoms with van der Waals surface area (Å²) in [4.78, 5) is 26.7. The molecule has 2 saturated heterocycles. The predicted octanol–water partition coefficient (Wildman–Crippen LogP) is 1.54. The zero-order valence-corrected chi connectivity index (χ0v) is 16.3. The highest BCUT2D eigenvalue weighted by Gasteiger charge is 2.40. The molecule has 0 bridgehead atoms. The molecular formula is C18H33ClN4O3. The fourth-order valence-corrected chi connectivity index (χ4v) is 4.15. The number of hydrogen-bond donors (Lipinski definition) is 3. The van der Waals surface area contributed by atoms with E-state index < -0.39 is 5.54 Å². The molecular weight excluding hydrogens is 356 g/mol. The second-order valence-corrected chi connectivity index (χ2v) is 7.79. The minimum Gasteiger partial charge on any atom is -0.381 e. The molecule has 0 spiro atoms. The van der Waals surface area contributed by atoms with Crippen LogP contribution in [0.3, 0.4) is 0 Å². The molecule has 0 atom stereocenters. The number of nitrogens with two attached hydrogens (primary N) is 1. The number of halogens is 1. The van der Waals surface area contributed by atoms with Crippen molar-refractivity contribution in [1.82, 2.24) is 15.5 Å². The molecule has 26 heavy (non-hydrogen) atoms. The van der Waals surface area contributed by atoms with E-state index in [0.29, 0.717) is 45.2 Å². The average molecular weight is 389 g/mol. The summed E-state index contributed by atoms with van der Waals surface area (Å²) in [6, 6.07) is 0.397. The van der Waals surface area contributed by atoms with Crippen LogP contribution in [0.5, 0.6) is 0 Å². The summed E-state index contributed by atoms with van der Waals surface area (Å²) in [6.07, 6.45) is 8.62. The molecule has 150 valence electrons. The third-order valence-corrected chi connectivity index (χ3v) is 5.87. The highest BCUT2D eigenvalue weighted by Crippen LogP contribution is 2.23. The van der Waals surface area contributed by atoms with Gasteiger partial charge in [-0.05, 0) is 38.5 Å². The number of hydrogen-bond acceptors (Lipinski definition) is 4. The van der Waals surface area contributed by atoms with Gasteiger partial charge in [0.05, 0.1) is 5.54 Å². The van der Waals surface area contributed by atoms with Crippen LogP contribution in [-0.4, -0.2) is 60.8 Å². The van der Waals surface area contributed by atoms with Crippen molar-refractivity contribution in [1.29, 1.82) is 0 Å². The number of rotatable bonds is 3. The first-order valence-electron chi connectivity index (χ1n) is 9.80. The number of ether oxygens (including phenoxy) is 1. The Morgan fingerprint density at radius 3 is 2.04 bits per heavy atom. The van der Waals surface area contributed by atoms with Crippen LogP contribution in [0.2, 0.25) is 0 Å². The van der Waals surface area contributed by atoms with E-state index in [9.17, 15) is 9.59 Å². The molecule has 3 amide bonds. The molecule has 0 aromatic heterocycles. The number of carbonyl (C=O) groups is 2. The first-order valence-corrected chi connectivity index (χ1v) is 9.80. The maximum Gasteiger partial charge on any atom is 0.315 e. The van der Waals surface area contributed by atoms with Gasteiger partial charge in [-0.1, -0.05) is 19.3 Å². The van der Waals surface area contributed by atoms with Crippen molar-refractivity contribution in [3.05, 3.63) is 0 Å². The maximum absolute atomic E-state index is 12.7. The minimum absolute atomic E-state index is 0. The van der Waals surface area contributed by atoms with Crippen molar-refractivity contribution in [2.24, 2.45) is 5.73 Å². The smallest absolute Gasteiger partial charge is 0.315 e. The molecule has 0 radical (unpaired) electrons. The SMILES string of the molecule is Cl.NC1(C(=O)N2CCC(NC(=O)NC3CCCCC3)CC2)CCOCC1. The molecule has 1 saturated carbocycles. The zero-order chi connectivity index (χ0) is 17.7. The van der Waals surface area contributed by atoms with E-state index in [1.165, 1.54) is 19.3 Å². The van der Waals surface area contributed by atoms with Gasteiger partial charge in [0.25, 0.3) is 0 Å². The molecule has 2 aliphatic heterocycles. The minimum atomic E-state index is -0.767. The van der Waals surface area contributed by atoms with Gasteiger partial charge in [0, 0.05) is 38.4 Å². The Balaban J connectivity index is 0.00000243. The Bertz CT molecular complexity index is 471. The van der Waals surface area contributed by atoms with Crippen LogP contribution < -0.4 is 16.4 Å². The van der Waals surface area contributed by atoms with E-state index in [-0.39, 0.29) is 30.4 Å². The van der Waals surface area contributed by atoms with E-state index in [1.54, 1.807) is 0 Å². The molecule has 3 rings (SSSR count). The van der Waals surface area contributed by atoms with E-state index in [2.05, 4.69) is 10.6 Å². The number of nitrogens with one attached hydrogen (secondary N) is 2. The Morgan fingerprint density at radius 2 is 1.46 bits per heavy atom. The summed E-state index contributed by atoms with van der Waals surface area (Å²) in [5.41, 5.74) is 5.53. The van der Waals surface area contributed by atoms with Gasteiger partial charge in [0.2, 0.25) is 5.91 Å². The number of nitrogens with zero attached hydrogens (tertiary/aromatic N) is 1. The van der Waals surface area contributed by atoms with E-state index in [1.807, 2.05) is 4.90 Å². The first-order chi connectivity index (χ1) is 12.1. The summed E-state index contributed by atoms with van der Waals surface area (Å²) in [7, 11) is 0. The van der Waals surface area contributed by atoms with Crippen molar-refractivity contribution in [3.8, 4) is 0 Å². The van der Waals surface area contributed by atoms with Crippen LogP contribution in [0.1, 0.15) is 57.8 Å². The second-order valence-electron chi connectivity index (χ2n) is 7.79. The Hall–Kier alpha value is -1.05. The van der Waals surface area contributed by atoms with Gasteiger partial charge >= 0.3 is 6.03 Å². The fourth-order valence-electron chi connectivity index (χ4n) is 4.15. The monoisotopic (exact) mass is 388 g/mol. The number of likely N-dealkylation sites (tertiary alicyclic amines) is 1. The van der Waals surface area contributed by atoms with Crippen LogP contribution in [-0.2, 0) is 9.53 Å². The summed E-state index contributed by atoms with van der Waals surface area (Å²) in [5.74, 6) is 0.0425. The molecule has 3 aliphatic rings. The van der Waals surface area contributed by atoms with Crippen LogP contribution in [0.4, 0.5) is 4.79 Å². The third kappa shape index (κ3) is 5.47. The largest absolute Gasteiger partial charge is 0.381 e. The summed E-state index contributed by atoms with van der Waals surface area (Å²) in [5, 5.41) is 6.17. The Labute approximate surface area is 162 Å².